The minimum absolute atomic E-state index is 0.534. The highest BCUT2D eigenvalue weighted by atomic mass is 14.7. The minimum atomic E-state index is 0.534. The molecule has 0 saturated carbocycles. The first-order chi connectivity index (χ1) is 7.31. The first-order valence-electron chi connectivity index (χ1n) is 4.87. The smallest absolute Gasteiger partial charge is 0.0720 e. The highest BCUT2D eigenvalue weighted by Gasteiger charge is 2.02. The zero-order valence-corrected chi connectivity index (χ0v) is 8.64. The maximum absolute atomic E-state index is 5.59. The van der Waals surface area contributed by atoms with Gasteiger partial charge in [-0.1, -0.05) is 0 Å². The van der Waals surface area contributed by atoms with Crippen LogP contribution in [0.25, 0.3) is 11.3 Å². The summed E-state index contributed by atoms with van der Waals surface area (Å²) in [6.45, 7) is 2.58. The van der Waals surface area contributed by atoms with E-state index in [0.29, 0.717) is 6.54 Å². The van der Waals surface area contributed by atoms with Crippen molar-refractivity contribution in [3.63, 3.8) is 0 Å². The lowest BCUT2D eigenvalue weighted by atomic mass is 10.1. The molecule has 0 unspecified atom stereocenters. The van der Waals surface area contributed by atoms with Gasteiger partial charge in [-0.25, -0.2) is 0 Å². The molecular formula is C12H13N3. The molecule has 15 heavy (non-hydrogen) atoms. The lowest BCUT2D eigenvalue weighted by Crippen LogP contribution is -2.00. The van der Waals surface area contributed by atoms with Crippen LogP contribution in [0.5, 0.6) is 0 Å². The number of pyridine rings is 2. The largest absolute Gasteiger partial charge is 0.326 e. The molecule has 2 rings (SSSR count). The van der Waals surface area contributed by atoms with Crippen molar-refractivity contribution < 1.29 is 0 Å². The molecule has 0 aromatic carbocycles. The molecule has 2 aromatic rings. The van der Waals surface area contributed by atoms with Crippen LogP contribution >= 0.6 is 0 Å². The van der Waals surface area contributed by atoms with Gasteiger partial charge in [0.1, 0.15) is 0 Å². The van der Waals surface area contributed by atoms with Crippen molar-refractivity contribution in [1.29, 1.82) is 0 Å². The van der Waals surface area contributed by atoms with Crippen LogP contribution in [0.3, 0.4) is 0 Å². The Bertz CT molecular complexity index is 452. The van der Waals surface area contributed by atoms with Gasteiger partial charge in [0.2, 0.25) is 0 Å². The molecule has 0 aliphatic heterocycles. The quantitative estimate of drug-likeness (QED) is 0.803. The minimum Gasteiger partial charge on any atom is -0.326 e. The molecule has 0 amide bonds. The molecule has 3 nitrogen and oxygen atoms in total. The van der Waals surface area contributed by atoms with Crippen molar-refractivity contribution in [3.05, 3.63) is 47.9 Å². The lowest BCUT2D eigenvalue weighted by molar-refractivity contribution is 1.03. The van der Waals surface area contributed by atoms with Crippen molar-refractivity contribution in [2.24, 2.45) is 5.73 Å². The van der Waals surface area contributed by atoms with E-state index in [2.05, 4.69) is 9.97 Å². The van der Waals surface area contributed by atoms with E-state index in [-0.39, 0.29) is 0 Å². The summed E-state index contributed by atoms with van der Waals surface area (Å²) in [4.78, 5) is 8.43. The Morgan fingerprint density at radius 2 is 2.20 bits per heavy atom. The topological polar surface area (TPSA) is 51.8 Å². The third kappa shape index (κ3) is 2.02. The Morgan fingerprint density at radius 1 is 1.33 bits per heavy atom. The number of aromatic nitrogens is 2. The second-order valence-electron chi connectivity index (χ2n) is 3.44. The SMILES string of the molecule is Cc1cc(-c2cccnc2)ncc1CN. The molecule has 0 atom stereocenters. The summed E-state index contributed by atoms with van der Waals surface area (Å²) in [6, 6.07) is 5.94. The van der Waals surface area contributed by atoms with Crippen LogP contribution in [-0.4, -0.2) is 9.97 Å². The zero-order chi connectivity index (χ0) is 10.7. The number of hydrogen-bond donors (Lipinski definition) is 1. The van der Waals surface area contributed by atoms with Crippen molar-refractivity contribution in [2.75, 3.05) is 0 Å². The van der Waals surface area contributed by atoms with Crippen molar-refractivity contribution in [3.8, 4) is 11.3 Å². The molecule has 2 heterocycles. The molecular weight excluding hydrogens is 186 g/mol. The summed E-state index contributed by atoms with van der Waals surface area (Å²) < 4.78 is 0. The molecule has 0 saturated heterocycles. The fourth-order valence-corrected chi connectivity index (χ4v) is 1.47. The predicted molar refractivity (Wildman–Crippen MR) is 60.1 cm³/mol. The highest BCUT2D eigenvalue weighted by Crippen LogP contribution is 2.17. The predicted octanol–water partition coefficient (Wildman–Crippen LogP) is 1.91. The maximum atomic E-state index is 5.59. The van der Waals surface area contributed by atoms with Crippen molar-refractivity contribution in [2.45, 2.75) is 13.5 Å². The van der Waals surface area contributed by atoms with Gasteiger partial charge >= 0.3 is 0 Å². The van der Waals surface area contributed by atoms with Crippen LogP contribution in [0.15, 0.2) is 36.8 Å². The monoisotopic (exact) mass is 199 g/mol. The van der Waals surface area contributed by atoms with E-state index in [0.717, 1.165) is 16.8 Å². The number of nitrogens with zero attached hydrogens (tertiary/aromatic N) is 2. The molecule has 0 radical (unpaired) electrons. The first kappa shape index (κ1) is 9.80. The van der Waals surface area contributed by atoms with Crippen LogP contribution in [0, 0.1) is 6.92 Å². The van der Waals surface area contributed by atoms with Crippen LogP contribution in [0.4, 0.5) is 0 Å². The van der Waals surface area contributed by atoms with E-state index in [9.17, 15) is 0 Å². The summed E-state index contributed by atoms with van der Waals surface area (Å²) in [5, 5.41) is 0. The highest BCUT2D eigenvalue weighted by molar-refractivity contribution is 5.58. The average molecular weight is 199 g/mol. The molecule has 2 aromatic heterocycles. The average Bonchev–Trinajstić information content (AvgIpc) is 2.30. The van der Waals surface area contributed by atoms with Crippen molar-refractivity contribution in [1.82, 2.24) is 9.97 Å². The van der Waals surface area contributed by atoms with Crippen LogP contribution in [0.2, 0.25) is 0 Å². The molecule has 0 bridgehead atoms. The maximum Gasteiger partial charge on any atom is 0.0720 e. The van der Waals surface area contributed by atoms with E-state index in [1.807, 2.05) is 37.5 Å². The van der Waals surface area contributed by atoms with Gasteiger partial charge < -0.3 is 5.73 Å². The molecule has 0 aliphatic carbocycles. The lowest BCUT2D eigenvalue weighted by Gasteiger charge is -2.05. The van der Waals surface area contributed by atoms with Crippen LogP contribution < -0.4 is 5.73 Å². The van der Waals surface area contributed by atoms with Gasteiger partial charge in [0.15, 0.2) is 0 Å². The van der Waals surface area contributed by atoms with Gasteiger partial charge in [-0.05, 0) is 36.2 Å². The summed E-state index contributed by atoms with van der Waals surface area (Å²) in [7, 11) is 0. The summed E-state index contributed by atoms with van der Waals surface area (Å²) in [5.74, 6) is 0. The Hall–Kier alpha value is -1.74. The number of aryl methyl sites for hydroxylation is 1. The summed E-state index contributed by atoms with van der Waals surface area (Å²) in [6.07, 6.45) is 5.40. The second-order valence-corrected chi connectivity index (χ2v) is 3.44. The number of hydrogen-bond acceptors (Lipinski definition) is 3. The Kier molecular flexibility index (Phi) is 2.74. The number of rotatable bonds is 2. The van der Waals surface area contributed by atoms with Crippen molar-refractivity contribution >= 4 is 0 Å². The summed E-state index contributed by atoms with van der Waals surface area (Å²) >= 11 is 0. The van der Waals surface area contributed by atoms with Gasteiger partial charge in [0, 0.05) is 30.7 Å². The molecule has 3 heteroatoms. The van der Waals surface area contributed by atoms with Gasteiger partial charge in [-0.2, -0.15) is 0 Å². The fraction of sp³-hybridized carbons (Fsp3) is 0.167. The first-order valence-corrected chi connectivity index (χ1v) is 4.87. The Balaban J connectivity index is 2.43. The number of nitrogens with two attached hydrogens (primary N) is 1. The molecule has 2 N–H and O–H groups in total. The Morgan fingerprint density at radius 3 is 2.80 bits per heavy atom. The van der Waals surface area contributed by atoms with Gasteiger partial charge in [-0.3, -0.25) is 9.97 Å². The fourth-order valence-electron chi connectivity index (χ4n) is 1.47. The third-order valence-electron chi connectivity index (χ3n) is 2.40. The standard InChI is InChI=1S/C12H13N3/c1-9-5-12(15-8-11(9)6-13)10-3-2-4-14-7-10/h2-5,7-8H,6,13H2,1H3. The molecule has 0 spiro atoms. The van der Waals surface area contributed by atoms with E-state index < -0.39 is 0 Å². The van der Waals surface area contributed by atoms with Gasteiger partial charge in [0.25, 0.3) is 0 Å². The van der Waals surface area contributed by atoms with Crippen LogP contribution in [-0.2, 0) is 6.54 Å². The normalized spacial score (nSPS) is 10.3. The molecule has 0 aliphatic rings. The summed E-state index contributed by atoms with van der Waals surface area (Å²) in [5.41, 5.74) is 9.82. The van der Waals surface area contributed by atoms with E-state index in [1.54, 1.807) is 6.20 Å². The van der Waals surface area contributed by atoms with E-state index in [1.165, 1.54) is 5.56 Å². The van der Waals surface area contributed by atoms with E-state index in [4.69, 9.17) is 5.73 Å². The van der Waals surface area contributed by atoms with Gasteiger partial charge in [-0.15, -0.1) is 0 Å². The zero-order valence-electron chi connectivity index (χ0n) is 8.64. The van der Waals surface area contributed by atoms with Gasteiger partial charge in [0.05, 0.1) is 5.69 Å². The van der Waals surface area contributed by atoms with E-state index >= 15 is 0 Å². The second kappa shape index (κ2) is 4.19. The molecule has 76 valence electrons. The Labute approximate surface area is 89.0 Å². The molecule has 0 fully saturated rings. The third-order valence-corrected chi connectivity index (χ3v) is 2.40. The van der Waals surface area contributed by atoms with Crippen LogP contribution in [0.1, 0.15) is 11.1 Å².